The summed E-state index contributed by atoms with van der Waals surface area (Å²) in [6.07, 6.45) is 26.2. The molecule has 0 bridgehead atoms. The fraction of sp³-hybridized carbons (Fsp3) is 0.655. The molecular weight excluding hydrogens is 442 g/mol. The quantitative estimate of drug-likeness (QED) is 0.125. The highest BCUT2D eigenvalue weighted by molar-refractivity contribution is 8.93. The molecule has 0 fully saturated rings. The topological polar surface area (TPSA) is 12.0 Å². The Labute approximate surface area is 205 Å². The SMILES string of the molecule is Br.C=CCC(CC=C)CCCCCCCCCCCCCCCNCc1ccccc1. The average Bonchev–Trinajstić information content (AvgIpc) is 2.77. The van der Waals surface area contributed by atoms with Gasteiger partial charge in [0, 0.05) is 6.54 Å². The van der Waals surface area contributed by atoms with Crippen LogP contribution in [0.1, 0.15) is 108 Å². The molecule has 0 spiro atoms. The van der Waals surface area contributed by atoms with Crippen molar-refractivity contribution in [2.75, 3.05) is 6.54 Å². The number of hydrogen-bond donors (Lipinski definition) is 1. The fourth-order valence-electron chi connectivity index (χ4n) is 4.26. The summed E-state index contributed by atoms with van der Waals surface area (Å²) >= 11 is 0. The lowest BCUT2D eigenvalue weighted by molar-refractivity contribution is 0.456. The molecule has 0 saturated heterocycles. The summed E-state index contributed by atoms with van der Waals surface area (Å²) < 4.78 is 0. The van der Waals surface area contributed by atoms with E-state index in [1.165, 1.54) is 95.5 Å². The van der Waals surface area contributed by atoms with Crippen molar-refractivity contribution in [3.63, 3.8) is 0 Å². The minimum atomic E-state index is 0. The Morgan fingerprint density at radius 1 is 0.645 bits per heavy atom. The van der Waals surface area contributed by atoms with Crippen molar-refractivity contribution in [3.05, 3.63) is 61.2 Å². The van der Waals surface area contributed by atoms with E-state index < -0.39 is 0 Å². The first kappa shape index (κ1) is 30.1. The average molecular weight is 493 g/mol. The zero-order valence-corrected chi connectivity index (χ0v) is 21.9. The second-order valence-corrected chi connectivity index (χ2v) is 8.96. The summed E-state index contributed by atoms with van der Waals surface area (Å²) in [5.41, 5.74) is 1.39. The fourth-order valence-corrected chi connectivity index (χ4v) is 4.26. The van der Waals surface area contributed by atoms with E-state index in [4.69, 9.17) is 0 Å². The van der Waals surface area contributed by atoms with Crippen LogP contribution in [-0.2, 0) is 6.54 Å². The molecule has 0 saturated carbocycles. The van der Waals surface area contributed by atoms with E-state index in [1.54, 1.807) is 0 Å². The van der Waals surface area contributed by atoms with E-state index >= 15 is 0 Å². The first-order valence-electron chi connectivity index (χ1n) is 12.8. The highest BCUT2D eigenvalue weighted by Crippen LogP contribution is 2.19. The van der Waals surface area contributed by atoms with E-state index in [2.05, 4.69) is 61.0 Å². The van der Waals surface area contributed by atoms with Gasteiger partial charge in [-0.25, -0.2) is 0 Å². The minimum Gasteiger partial charge on any atom is -0.313 e. The second kappa shape index (κ2) is 23.8. The molecule has 0 heterocycles. The molecule has 178 valence electrons. The van der Waals surface area contributed by atoms with Gasteiger partial charge in [0.25, 0.3) is 0 Å². The lowest BCUT2D eigenvalue weighted by Gasteiger charge is -2.12. The number of allylic oxidation sites excluding steroid dienone is 2. The van der Waals surface area contributed by atoms with Crippen LogP contribution in [0.3, 0.4) is 0 Å². The minimum absolute atomic E-state index is 0. The second-order valence-electron chi connectivity index (χ2n) is 8.96. The van der Waals surface area contributed by atoms with Crippen molar-refractivity contribution in [2.24, 2.45) is 5.92 Å². The van der Waals surface area contributed by atoms with Crippen molar-refractivity contribution in [1.29, 1.82) is 0 Å². The van der Waals surface area contributed by atoms with Crippen molar-refractivity contribution in [1.82, 2.24) is 5.32 Å². The molecule has 1 aromatic carbocycles. The molecule has 0 aliphatic carbocycles. The molecule has 0 amide bonds. The molecule has 31 heavy (non-hydrogen) atoms. The molecule has 0 unspecified atom stereocenters. The standard InChI is InChI=1S/C29H49N.BrH/c1-3-21-28(22-4-2)23-17-14-12-10-8-6-5-7-9-11-13-15-20-26-30-27-29-24-18-16-19-25-29;/h3-4,16,18-19,24-25,28,30H,1-2,5-15,17,20-23,26-27H2;1H. The van der Waals surface area contributed by atoms with Gasteiger partial charge in [-0.15, -0.1) is 30.1 Å². The maximum absolute atomic E-state index is 3.88. The zero-order chi connectivity index (χ0) is 21.5. The van der Waals surface area contributed by atoms with Gasteiger partial charge in [0.1, 0.15) is 0 Å². The molecule has 1 aromatic rings. The summed E-state index contributed by atoms with van der Waals surface area (Å²) in [6.45, 7) is 9.92. The predicted molar refractivity (Wildman–Crippen MR) is 146 cm³/mol. The monoisotopic (exact) mass is 491 g/mol. The number of halogens is 1. The van der Waals surface area contributed by atoms with Crippen molar-refractivity contribution < 1.29 is 0 Å². The number of hydrogen-bond acceptors (Lipinski definition) is 1. The molecule has 0 aliphatic rings. The highest BCUT2D eigenvalue weighted by atomic mass is 79.9. The van der Waals surface area contributed by atoms with Crippen LogP contribution in [0.5, 0.6) is 0 Å². The largest absolute Gasteiger partial charge is 0.313 e. The summed E-state index contributed by atoms with van der Waals surface area (Å²) in [7, 11) is 0. The van der Waals surface area contributed by atoms with Crippen LogP contribution >= 0.6 is 17.0 Å². The van der Waals surface area contributed by atoms with Gasteiger partial charge in [-0.05, 0) is 43.7 Å². The molecule has 0 atom stereocenters. The number of nitrogens with one attached hydrogen (secondary N) is 1. The van der Waals surface area contributed by atoms with Gasteiger partial charge in [-0.2, -0.15) is 0 Å². The van der Waals surface area contributed by atoms with Gasteiger partial charge in [0.2, 0.25) is 0 Å². The van der Waals surface area contributed by atoms with Gasteiger partial charge < -0.3 is 5.32 Å². The Kier molecular flexibility index (Phi) is 23.1. The molecule has 1 rings (SSSR count). The molecule has 0 radical (unpaired) electrons. The van der Waals surface area contributed by atoms with Crippen molar-refractivity contribution >= 4 is 17.0 Å². The summed E-state index contributed by atoms with van der Waals surface area (Å²) in [6, 6.07) is 10.7. The molecular formula is C29H50BrN. The van der Waals surface area contributed by atoms with Gasteiger partial charge in [-0.3, -0.25) is 0 Å². The van der Waals surface area contributed by atoms with Gasteiger partial charge in [0.05, 0.1) is 0 Å². The Hall–Kier alpha value is -0.860. The summed E-state index contributed by atoms with van der Waals surface area (Å²) in [5, 5.41) is 3.55. The zero-order valence-electron chi connectivity index (χ0n) is 20.2. The van der Waals surface area contributed by atoms with Crippen molar-refractivity contribution in [3.8, 4) is 0 Å². The molecule has 0 aromatic heterocycles. The van der Waals surface area contributed by atoms with Gasteiger partial charge in [0.15, 0.2) is 0 Å². The van der Waals surface area contributed by atoms with Crippen LogP contribution in [0.15, 0.2) is 55.6 Å². The maximum Gasteiger partial charge on any atom is 0.0205 e. The molecule has 2 heteroatoms. The van der Waals surface area contributed by atoms with E-state index in [0.717, 1.165) is 31.8 Å². The van der Waals surface area contributed by atoms with E-state index in [1.807, 2.05) is 0 Å². The number of unbranched alkanes of at least 4 members (excludes halogenated alkanes) is 12. The van der Waals surface area contributed by atoms with Crippen LogP contribution in [0.4, 0.5) is 0 Å². The van der Waals surface area contributed by atoms with Crippen LogP contribution in [0, 0.1) is 5.92 Å². The highest BCUT2D eigenvalue weighted by Gasteiger charge is 2.04. The smallest absolute Gasteiger partial charge is 0.0205 e. The first-order chi connectivity index (χ1) is 14.9. The summed E-state index contributed by atoms with van der Waals surface area (Å²) in [4.78, 5) is 0. The summed E-state index contributed by atoms with van der Waals surface area (Å²) in [5.74, 6) is 0.783. The van der Waals surface area contributed by atoms with Crippen LogP contribution < -0.4 is 5.32 Å². The first-order valence-corrected chi connectivity index (χ1v) is 12.8. The Morgan fingerprint density at radius 2 is 1.10 bits per heavy atom. The molecule has 1 N–H and O–H groups in total. The Balaban J connectivity index is 0.00000900. The number of rotatable bonds is 22. The maximum atomic E-state index is 3.88. The van der Waals surface area contributed by atoms with E-state index in [0.29, 0.717) is 0 Å². The lowest BCUT2D eigenvalue weighted by Crippen LogP contribution is -2.14. The van der Waals surface area contributed by atoms with E-state index in [9.17, 15) is 0 Å². The Morgan fingerprint density at radius 3 is 1.58 bits per heavy atom. The molecule has 1 nitrogen and oxygen atoms in total. The van der Waals surface area contributed by atoms with E-state index in [-0.39, 0.29) is 17.0 Å². The van der Waals surface area contributed by atoms with Crippen LogP contribution in [-0.4, -0.2) is 6.54 Å². The third-order valence-electron chi connectivity index (χ3n) is 6.14. The van der Waals surface area contributed by atoms with Crippen molar-refractivity contribution in [2.45, 2.75) is 109 Å². The third kappa shape index (κ3) is 19.5. The molecule has 0 aliphatic heterocycles. The van der Waals surface area contributed by atoms with Gasteiger partial charge >= 0.3 is 0 Å². The Bertz CT molecular complexity index is 489. The lowest BCUT2D eigenvalue weighted by atomic mass is 9.94. The van der Waals surface area contributed by atoms with Crippen LogP contribution in [0.25, 0.3) is 0 Å². The van der Waals surface area contributed by atoms with Crippen LogP contribution in [0.2, 0.25) is 0 Å². The normalized spacial score (nSPS) is 10.7. The third-order valence-corrected chi connectivity index (χ3v) is 6.14. The predicted octanol–water partition coefficient (Wildman–Crippen LogP) is 9.58. The number of benzene rings is 1. The van der Waals surface area contributed by atoms with Gasteiger partial charge in [-0.1, -0.05) is 120 Å².